The van der Waals surface area contributed by atoms with Crippen LogP contribution in [-0.2, 0) is 16.1 Å². The fourth-order valence-electron chi connectivity index (χ4n) is 3.53. The first-order valence-corrected chi connectivity index (χ1v) is 9.51. The molecule has 0 spiro atoms. The number of nitrogens with zero attached hydrogens (tertiary/aromatic N) is 1. The van der Waals surface area contributed by atoms with E-state index in [0.29, 0.717) is 5.02 Å². The van der Waals surface area contributed by atoms with Gasteiger partial charge in [-0.1, -0.05) is 41.9 Å². The van der Waals surface area contributed by atoms with Gasteiger partial charge < -0.3 is 15.2 Å². The Balaban J connectivity index is 1.56. The number of aryl methyl sites for hydroxylation is 1. The van der Waals surface area contributed by atoms with Gasteiger partial charge in [0.2, 0.25) is 11.8 Å². The van der Waals surface area contributed by atoms with Crippen LogP contribution in [0.1, 0.15) is 11.1 Å². The highest BCUT2D eigenvalue weighted by Crippen LogP contribution is 2.33. The van der Waals surface area contributed by atoms with Gasteiger partial charge in [0.05, 0.1) is 5.52 Å². The maximum Gasteiger partial charge on any atom is 0.325 e. The summed E-state index contributed by atoms with van der Waals surface area (Å²) in [6.07, 6.45) is 0. The first-order chi connectivity index (χ1) is 13.9. The summed E-state index contributed by atoms with van der Waals surface area (Å²) in [6, 6.07) is 13.1. The Hall–Kier alpha value is -3.32. The van der Waals surface area contributed by atoms with Crippen molar-refractivity contribution in [3.63, 3.8) is 0 Å². The van der Waals surface area contributed by atoms with Crippen LogP contribution in [0.2, 0.25) is 5.02 Å². The molecule has 0 bridgehead atoms. The second-order valence-corrected chi connectivity index (χ2v) is 7.40. The Labute approximate surface area is 172 Å². The van der Waals surface area contributed by atoms with Gasteiger partial charge in [-0.25, -0.2) is 4.79 Å². The van der Waals surface area contributed by atoms with Crippen LogP contribution >= 0.6 is 11.6 Å². The number of halogens is 1. The summed E-state index contributed by atoms with van der Waals surface area (Å²) in [5.74, 6) is -0.760. The van der Waals surface area contributed by atoms with Crippen molar-refractivity contribution in [2.45, 2.75) is 13.5 Å². The molecule has 8 heteroatoms. The van der Waals surface area contributed by atoms with E-state index in [1.165, 1.54) is 0 Å². The molecule has 0 saturated carbocycles. The highest BCUT2D eigenvalue weighted by atomic mass is 35.5. The highest BCUT2D eigenvalue weighted by Gasteiger charge is 2.28. The number of H-pyrrole nitrogens is 1. The highest BCUT2D eigenvalue weighted by molar-refractivity contribution is 6.31. The lowest BCUT2D eigenvalue weighted by Crippen LogP contribution is -2.38. The van der Waals surface area contributed by atoms with Gasteiger partial charge in [0.15, 0.2) is 0 Å². The quantitative estimate of drug-likeness (QED) is 0.564. The smallest absolute Gasteiger partial charge is 0.325 e. The third-order valence-electron chi connectivity index (χ3n) is 4.95. The van der Waals surface area contributed by atoms with Crippen molar-refractivity contribution in [3.05, 3.63) is 58.6 Å². The van der Waals surface area contributed by atoms with E-state index in [2.05, 4.69) is 15.6 Å². The molecule has 3 N–H and O–H groups in total. The zero-order valence-corrected chi connectivity index (χ0v) is 16.5. The summed E-state index contributed by atoms with van der Waals surface area (Å²) >= 11 is 6.31. The van der Waals surface area contributed by atoms with E-state index in [-0.39, 0.29) is 25.5 Å². The van der Waals surface area contributed by atoms with Crippen molar-refractivity contribution in [1.29, 1.82) is 0 Å². The first kappa shape index (κ1) is 19.0. The predicted octanol–water partition coefficient (Wildman–Crippen LogP) is 2.96. The maximum atomic E-state index is 12.3. The zero-order valence-electron chi connectivity index (χ0n) is 15.7. The van der Waals surface area contributed by atoms with Crippen molar-refractivity contribution >= 4 is 40.3 Å². The van der Waals surface area contributed by atoms with Gasteiger partial charge in [-0.15, -0.1) is 0 Å². The minimum Gasteiger partial charge on any atom is -0.354 e. The van der Waals surface area contributed by atoms with Crippen LogP contribution in [0.4, 0.5) is 4.79 Å². The van der Waals surface area contributed by atoms with E-state index in [4.69, 9.17) is 11.6 Å². The van der Waals surface area contributed by atoms with Crippen molar-refractivity contribution in [3.8, 4) is 11.3 Å². The van der Waals surface area contributed by atoms with Crippen molar-refractivity contribution in [2.24, 2.45) is 0 Å². The number of aromatic nitrogens is 1. The topological polar surface area (TPSA) is 94.3 Å². The summed E-state index contributed by atoms with van der Waals surface area (Å²) in [5, 5.41) is 6.51. The van der Waals surface area contributed by atoms with Crippen molar-refractivity contribution < 1.29 is 14.4 Å². The Morgan fingerprint density at radius 1 is 1.21 bits per heavy atom. The minimum atomic E-state index is -0.553. The van der Waals surface area contributed by atoms with Gasteiger partial charge in [0, 0.05) is 22.6 Å². The summed E-state index contributed by atoms with van der Waals surface area (Å²) < 4.78 is 0. The lowest BCUT2D eigenvalue weighted by molar-refractivity contribution is -0.122. The summed E-state index contributed by atoms with van der Waals surface area (Å²) in [5.41, 5.74) is 4.89. The summed E-state index contributed by atoms with van der Waals surface area (Å²) in [7, 11) is 0. The van der Waals surface area contributed by atoms with Gasteiger partial charge in [0.25, 0.3) is 0 Å². The van der Waals surface area contributed by atoms with Crippen LogP contribution in [0.25, 0.3) is 22.2 Å². The molecule has 2 aromatic carbocycles. The molecule has 1 saturated heterocycles. The molecular weight excluding hydrogens is 392 g/mol. The first-order valence-electron chi connectivity index (χ1n) is 9.14. The lowest BCUT2D eigenvalue weighted by Gasteiger charge is -2.13. The molecule has 0 atom stereocenters. The van der Waals surface area contributed by atoms with E-state index in [0.717, 1.165) is 38.2 Å². The number of imide groups is 1. The summed E-state index contributed by atoms with van der Waals surface area (Å²) in [4.78, 5) is 39.7. The predicted molar refractivity (Wildman–Crippen MR) is 110 cm³/mol. The standard InChI is InChI=1S/C21H19ClN4O3/c1-12-16-8-15(22)7-14(20(16)25-19(12)13-5-3-2-4-6-13)9-23-17(27)10-26-11-18(28)24-21(26)29/h2-8,25H,9-11H2,1H3,(H,23,27)(H,24,28,29). The molecule has 3 aromatic rings. The Morgan fingerprint density at radius 2 is 1.97 bits per heavy atom. The third kappa shape index (κ3) is 3.82. The molecule has 4 amide bonds. The molecule has 2 heterocycles. The van der Waals surface area contributed by atoms with Gasteiger partial charge in [-0.05, 0) is 35.7 Å². The fourth-order valence-corrected chi connectivity index (χ4v) is 3.77. The van der Waals surface area contributed by atoms with Gasteiger partial charge in [-0.2, -0.15) is 0 Å². The minimum absolute atomic E-state index is 0.107. The average Bonchev–Trinajstić information content (AvgIpc) is 3.19. The Kier molecular flexibility index (Phi) is 4.98. The van der Waals surface area contributed by atoms with Crippen LogP contribution in [0.15, 0.2) is 42.5 Å². The third-order valence-corrected chi connectivity index (χ3v) is 5.17. The molecule has 29 heavy (non-hydrogen) atoms. The van der Waals surface area contributed by atoms with Gasteiger partial charge in [0.1, 0.15) is 13.1 Å². The molecule has 0 radical (unpaired) electrons. The number of benzene rings is 2. The number of fused-ring (bicyclic) bond motifs is 1. The van der Waals surface area contributed by atoms with Crippen LogP contribution in [0.3, 0.4) is 0 Å². The maximum absolute atomic E-state index is 12.3. The Morgan fingerprint density at radius 3 is 2.66 bits per heavy atom. The number of urea groups is 1. The molecule has 1 aliphatic rings. The number of aromatic amines is 1. The van der Waals surface area contributed by atoms with Gasteiger partial charge >= 0.3 is 6.03 Å². The molecule has 0 unspecified atom stereocenters. The van der Waals surface area contributed by atoms with Crippen LogP contribution in [-0.4, -0.2) is 40.8 Å². The zero-order chi connectivity index (χ0) is 20.5. The number of amides is 4. The van der Waals surface area contributed by atoms with E-state index in [1.54, 1.807) is 6.07 Å². The second kappa shape index (κ2) is 7.60. The molecule has 1 aromatic heterocycles. The van der Waals surface area contributed by atoms with Crippen LogP contribution in [0, 0.1) is 6.92 Å². The monoisotopic (exact) mass is 410 g/mol. The fraction of sp³-hybridized carbons (Fsp3) is 0.190. The number of rotatable bonds is 5. The number of nitrogens with one attached hydrogen (secondary N) is 3. The molecule has 7 nitrogen and oxygen atoms in total. The molecule has 1 aliphatic heterocycles. The Bertz CT molecular complexity index is 1120. The number of carbonyl (C=O) groups excluding carboxylic acids is 3. The molecule has 1 fully saturated rings. The van der Waals surface area contributed by atoms with E-state index in [1.807, 2.05) is 43.3 Å². The van der Waals surface area contributed by atoms with Crippen molar-refractivity contribution in [1.82, 2.24) is 20.5 Å². The van der Waals surface area contributed by atoms with E-state index >= 15 is 0 Å². The average molecular weight is 411 g/mol. The number of hydrogen-bond donors (Lipinski definition) is 3. The second-order valence-electron chi connectivity index (χ2n) is 6.96. The molecular formula is C21H19ClN4O3. The SMILES string of the molecule is Cc1c(-c2ccccc2)[nH]c2c(CNC(=O)CN3CC(=O)NC3=O)cc(Cl)cc12. The largest absolute Gasteiger partial charge is 0.354 e. The summed E-state index contributed by atoms with van der Waals surface area (Å²) in [6.45, 7) is 1.99. The molecule has 148 valence electrons. The molecule has 0 aliphatic carbocycles. The van der Waals surface area contributed by atoms with E-state index < -0.39 is 11.9 Å². The normalized spacial score (nSPS) is 13.8. The number of hydrogen-bond acceptors (Lipinski definition) is 3. The lowest BCUT2D eigenvalue weighted by atomic mass is 10.1. The molecule has 4 rings (SSSR count). The number of carbonyl (C=O) groups is 3. The van der Waals surface area contributed by atoms with Gasteiger partial charge in [-0.3, -0.25) is 14.9 Å². The van der Waals surface area contributed by atoms with Crippen LogP contribution < -0.4 is 10.6 Å². The van der Waals surface area contributed by atoms with Crippen molar-refractivity contribution in [2.75, 3.05) is 13.1 Å². The van der Waals surface area contributed by atoms with E-state index in [9.17, 15) is 14.4 Å². The van der Waals surface area contributed by atoms with Crippen LogP contribution in [0.5, 0.6) is 0 Å².